The number of aliphatic imine (C=N–C) groups is 1. The number of nitrogens with zero attached hydrogens (tertiary/aromatic N) is 2. The van der Waals surface area contributed by atoms with Crippen LogP contribution in [-0.4, -0.2) is 63.9 Å². The fourth-order valence-corrected chi connectivity index (χ4v) is 2.57. The maximum Gasteiger partial charge on any atom is 0.323 e. The van der Waals surface area contributed by atoms with Crippen LogP contribution in [0.25, 0.3) is 0 Å². The second-order valence-electron chi connectivity index (χ2n) is 4.73. The Morgan fingerprint density at radius 2 is 2.32 bits per heavy atom. The molecule has 0 amide bonds. The molecule has 0 spiro atoms. The van der Waals surface area contributed by atoms with Gasteiger partial charge >= 0.3 is 5.97 Å². The van der Waals surface area contributed by atoms with E-state index < -0.39 is 30.2 Å². The summed E-state index contributed by atoms with van der Waals surface area (Å²) in [4.78, 5) is 15.8. The molecule has 2 fully saturated rings. The first-order valence-electron chi connectivity index (χ1n) is 5.98. The number of fused-ring (bicyclic) bond motifs is 1. The highest BCUT2D eigenvalue weighted by molar-refractivity contribution is 6.10. The molecule has 0 aromatic rings. The van der Waals surface area contributed by atoms with Gasteiger partial charge in [0.05, 0.1) is 18.8 Å². The van der Waals surface area contributed by atoms with Crippen molar-refractivity contribution in [3.63, 3.8) is 0 Å². The van der Waals surface area contributed by atoms with Crippen molar-refractivity contribution in [1.82, 2.24) is 5.06 Å². The number of esters is 1. The number of rotatable bonds is 2. The first-order valence-corrected chi connectivity index (χ1v) is 5.98. The minimum Gasteiger partial charge on any atom is -0.407 e. The second kappa shape index (κ2) is 4.57. The lowest BCUT2D eigenvalue weighted by molar-refractivity contribution is -0.140. The summed E-state index contributed by atoms with van der Waals surface area (Å²) in [7, 11) is 0. The number of carbonyl (C=O) groups is 1. The third-order valence-corrected chi connectivity index (χ3v) is 3.48. The minimum absolute atomic E-state index is 0.00620. The molecule has 0 bridgehead atoms. The van der Waals surface area contributed by atoms with Crippen molar-refractivity contribution < 1.29 is 29.7 Å². The van der Waals surface area contributed by atoms with Crippen molar-refractivity contribution in [3.05, 3.63) is 11.8 Å². The molecule has 3 aliphatic rings. The van der Waals surface area contributed by atoms with Gasteiger partial charge in [-0.2, -0.15) is 0 Å². The third-order valence-electron chi connectivity index (χ3n) is 3.48. The molecular weight excluding hydrogens is 256 g/mol. The van der Waals surface area contributed by atoms with Gasteiger partial charge in [0.25, 0.3) is 0 Å². The molecule has 104 valence electrons. The Bertz CT molecular complexity index is 462. The fraction of sp³-hybridized carbons (Fsp3) is 0.636. The van der Waals surface area contributed by atoms with E-state index in [1.165, 1.54) is 6.20 Å². The number of hydrogen-bond acceptors (Lipinski definition) is 8. The third kappa shape index (κ3) is 2.02. The highest BCUT2D eigenvalue weighted by Crippen LogP contribution is 2.36. The Labute approximate surface area is 108 Å². The van der Waals surface area contributed by atoms with Gasteiger partial charge in [0.15, 0.2) is 0 Å². The molecule has 4 atom stereocenters. The van der Waals surface area contributed by atoms with Crippen LogP contribution in [0.5, 0.6) is 0 Å². The number of carbonyl (C=O) groups excluding carboxylic acids is 1. The molecular formula is C11H14N2O6. The zero-order chi connectivity index (χ0) is 13.6. The zero-order valence-electron chi connectivity index (χ0n) is 9.97. The van der Waals surface area contributed by atoms with E-state index in [-0.39, 0.29) is 25.6 Å². The monoisotopic (exact) mass is 270 g/mol. The van der Waals surface area contributed by atoms with Crippen LogP contribution in [0.1, 0.15) is 6.42 Å². The van der Waals surface area contributed by atoms with Gasteiger partial charge in [0.1, 0.15) is 18.7 Å². The van der Waals surface area contributed by atoms with Crippen molar-refractivity contribution in [3.8, 4) is 0 Å². The van der Waals surface area contributed by atoms with Crippen LogP contribution in [0, 0.1) is 5.92 Å². The van der Waals surface area contributed by atoms with Gasteiger partial charge in [-0.3, -0.25) is 10.0 Å². The Hall–Kier alpha value is -1.48. The average molecular weight is 270 g/mol. The predicted molar refractivity (Wildman–Crippen MR) is 60.0 cm³/mol. The summed E-state index contributed by atoms with van der Waals surface area (Å²) in [6.45, 7) is -0.308. The molecule has 0 aromatic heterocycles. The molecule has 0 saturated carbocycles. The van der Waals surface area contributed by atoms with Crippen LogP contribution in [0.4, 0.5) is 0 Å². The molecule has 0 aromatic carbocycles. The summed E-state index contributed by atoms with van der Waals surface area (Å²) >= 11 is 0. The molecule has 0 aliphatic carbocycles. The molecule has 3 rings (SSSR count). The van der Waals surface area contributed by atoms with Crippen molar-refractivity contribution >= 4 is 11.9 Å². The normalized spacial score (nSPS) is 37.8. The number of hydroxylamine groups is 2. The first-order chi connectivity index (χ1) is 9.10. The maximum absolute atomic E-state index is 11.9. The van der Waals surface area contributed by atoms with E-state index in [4.69, 9.17) is 14.6 Å². The topological polar surface area (TPSA) is 112 Å². The maximum atomic E-state index is 11.9. The Morgan fingerprint density at radius 3 is 3.00 bits per heavy atom. The van der Waals surface area contributed by atoms with Crippen LogP contribution in [0.15, 0.2) is 16.8 Å². The molecule has 3 N–H and O–H groups in total. The van der Waals surface area contributed by atoms with E-state index in [2.05, 4.69) is 4.99 Å². The summed E-state index contributed by atoms with van der Waals surface area (Å²) in [5.41, 5.74) is 0.439. The number of aliphatic hydroxyl groups excluding tert-OH is 2. The van der Waals surface area contributed by atoms with E-state index in [0.29, 0.717) is 5.57 Å². The van der Waals surface area contributed by atoms with Gasteiger partial charge in [-0.05, 0) is 0 Å². The summed E-state index contributed by atoms with van der Waals surface area (Å²) in [5, 5.41) is 29.0. The lowest BCUT2D eigenvalue weighted by atomic mass is 9.93. The Kier molecular flexibility index (Phi) is 3.02. The lowest BCUT2D eigenvalue weighted by Crippen LogP contribution is -2.29. The summed E-state index contributed by atoms with van der Waals surface area (Å²) in [6.07, 6.45) is -0.516. The van der Waals surface area contributed by atoms with Gasteiger partial charge in [-0.1, -0.05) is 0 Å². The van der Waals surface area contributed by atoms with Crippen molar-refractivity contribution in [2.75, 3.05) is 13.3 Å². The molecule has 3 heterocycles. The summed E-state index contributed by atoms with van der Waals surface area (Å²) < 4.78 is 10.5. The lowest BCUT2D eigenvalue weighted by Gasteiger charge is -2.19. The fourth-order valence-electron chi connectivity index (χ4n) is 2.57. The van der Waals surface area contributed by atoms with Crippen LogP contribution >= 0.6 is 0 Å². The quantitative estimate of drug-likeness (QED) is 0.530. The van der Waals surface area contributed by atoms with Gasteiger partial charge in [-0.15, -0.1) is 0 Å². The van der Waals surface area contributed by atoms with E-state index in [0.717, 1.165) is 5.06 Å². The SMILES string of the molecule is O=C1OC2=NCN(O)C=C2C1[C@H]1C[C@H](O)[C@@H](CO)O1. The van der Waals surface area contributed by atoms with Crippen molar-refractivity contribution in [2.45, 2.75) is 24.7 Å². The molecule has 8 heteroatoms. The number of hydrogen-bond donors (Lipinski definition) is 3. The van der Waals surface area contributed by atoms with Crippen LogP contribution in [0.2, 0.25) is 0 Å². The zero-order valence-corrected chi connectivity index (χ0v) is 9.97. The van der Waals surface area contributed by atoms with E-state index in [9.17, 15) is 15.1 Å². The van der Waals surface area contributed by atoms with Crippen LogP contribution in [0.3, 0.4) is 0 Å². The van der Waals surface area contributed by atoms with Gasteiger partial charge in [0.2, 0.25) is 5.90 Å². The predicted octanol–water partition coefficient (Wildman–Crippen LogP) is -1.39. The van der Waals surface area contributed by atoms with E-state index >= 15 is 0 Å². The highest BCUT2D eigenvalue weighted by atomic mass is 16.6. The largest absolute Gasteiger partial charge is 0.407 e. The standard InChI is InChI=1S/C11H14N2O6/c14-3-8-6(15)1-7(18-8)9-5-2-13(17)4-12-10(5)19-11(9)16/h2,6-9,14-15,17H,1,3-4H2/t6-,7+,8+,9?/m0/s1. The molecule has 19 heavy (non-hydrogen) atoms. The van der Waals surface area contributed by atoms with Crippen molar-refractivity contribution in [1.29, 1.82) is 0 Å². The molecule has 1 unspecified atom stereocenters. The number of aliphatic hydroxyl groups is 2. The molecule has 2 saturated heterocycles. The van der Waals surface area contributed by atoms with Gasteiger partial charge in [-0.25, -0.2) is 10.1 Å². The summed E-state index contributed by atoms with van der Waals surface area (Å²) in [6, 6.07) is 0. The minimum atomic E-state index is -0.821. The van der Waals surface area contributed by atoms with Crippen LogP contribution < -0.4 is 0 Å². The smallest absolute Gasteiger partial charge is 0.323 e. The average Bonchev–Trinajstić information content (AvgIpc) is 2.88. The molecule has 0 radical (unpaired) electrons. The van der Waals surface area contributed by atoms with Gasteiger partial charge < -0.3 is 19.7 Å². The van der Waals surface area contributed by atoms with E-state index in [1.807, 2.05) is 0 Å². The molecule has 8 nitrogen and oxygen atoms in total. The number of ether oxygens (including phenoxy) is 2. The highest BCUT2D eigenvalue weighted by Gasteiger charge is 2.49. The first kappa shape index (κ1) is 12.5. The van der Waals surface area contributed by atoms with Crippen molar-refractivity contribution in [2.24, 2.45) is 10.9 Å². The Morgan fingerprint density at radius 1 is 1.53 bits per heavy atom. The van der Waals surface area contributed by atoms with E-state index in [1.54, 1.807) is 0 Å². The molecule has 3 aliphatic heterocycles. The summed E-state index contributed by atoms with van der Waals surface area (Å²) in [5.74, 6) is -1.07. The van der Waals surface area contributed by atoms with Gasteiger partial charge in [0, 0.05) is 18.2 Å². The van der Waals surface area contributed by atoms with Crippen LogP contribution in [-0.2, 0) is 14.3 Å². The second-order valence-corrected chi connectivity index (χ2v) is 4.73. The Balaban J connectivity index is 1.85.